The second kappa shape index (κ2) is 5.61. The number of benzene rings is 1. The summed E-state index contributed by atoms with van der Waals surface area (Å²) in [6.45, 7) is 2.45. The Morgan fingerprint density at radius 3 is 2.62 bits per heavy atom. The smallest absolute Gasteiger partial charge is 0.161 e. The summed E-state index contributed by atoms with van der Waals surface area (Å²) in [6, 6.07) is 3.93. The van der Waals surface area contributed by atoms with Crippen LogP contribution in [0.2, 0.25) is 5.15 Å². The van der Waals surface area contributed by atoms with Crippen LogP contribution in [0.1, 0.15) is 11.4 Å². The first-order valence-corrected chi connectivity index (χ1v) is 7.52. The van der Waals surface area contributed by atoms with Gasteiger partial charge in [0.1, 0.15) is 16.5 Å². The van der Waals surface area contributed by atoms with Crippen molar-refractivity contribution in [2.75, 3.05) is 19.5 Å². The summed E-state index contributed by atoms with van der Waals surface area (Å²) in [5.74, 6) is 2.05. The molecule has 0 bridgehead atoms. The van der Waals surface area contributed by atoms with E-state index in [0.29, 0.717) is 29.0 Å². The lowest BCUT2D eigenvalue weighted by molar-refractivity contribution is 0.353. The summed E-state index contributed by atoms with van der Waals surface area (Å²) in [6.07, 6.45) is 0. The van der Waals surface area contributed by atoms with Gasteiger partial charge in [-0.3, -0.25) is 0 Å². The van der Waals surface area contributed by atoms with Gasteiger partial charge < -0.3 is 14.8 Å². The third kappa shape index (κ3) is 2.61. The van der Waals surface area contributed by atoms with Crippen LogP contribution in [0, 0.1) is 6.92 Å². The number of ether oxygens (including phenoxy) is 2. The van der Waals surface area contributed by atoms with Gasteiger partial charge >= 0.3 is 0 Å². The molecule has 5 nitrogen and oxygen atoms in total. The summed E-state index contributed by atoms with van der Waals surface area (Å²) in [7, 11) is 3.25. The molecule has 1 N–H and O–H groups in total. The molecule has 1 aromatic heterocycles. The highest BCUT2D eigenvalue weighted by atomic mass is 35.5. The number of hydrogen-bond acceptors (Lipinski definition) is 6. The molecular formula is C14H14ClN3O2S. The lowest BCUT2D eigenvalue weighted by Crippen LogP contribution is -2.03. The first-order chi connectivity index (χ1) is 10.1. The normalized spacial score (nSPS) is 12.8. The quantitative estimate of drug-likeness (QED) is 0.853. The van der Waals surface area contributed by atoms with Crippen LogP contribution in [0.5, 0.6) is 11.5 Å². The third-order valence-electron chi connectivity index (χ3n) is 3.17. The van der Waals surface area contributed by atoms with E-state index in [4.69, 9.17) is 21.1 Å². The van der Waals surface area contributed by atoms with Gasteiger partial charge in [0.05, 0.1) is 14.2 Å². The van der Waals surface area contributed by atoms with E-state index < -0.39 is 0 Å². The van der Waals surface area contributed by atoms with Crippen LogP contribution >= 0.6 is 23.4 Å². The maximum atomic E-state index is 6.20. The molecule has 0 fully saturated rings. The molecule has 0 saturated heterocycles. The number of halogens is 1. The molecule has 0 aliphatic carbocycles. The minimum atomic E-state index is 0.441. The lowest BCUT2D eigenvalue weighted by Gasteiger charge is -2.12. The van der Waals surface area contributed by atoms with Gasteiger partial charge in [0.25, 0.3) is 0 Å². The van der Waals surface area contributed by atoms with Crippen molar-refractivity contribution >= 4 is 29.1 Å². The fourth-order valence-corrected chi connectivity index (χ4v) is 3.58. The highest BCUT2D eigenvalue weighted by Crippen LogP contribution is 2.43. The largest absolute Gasteiger partial charge is 0.493 e. The minimum Gasteiger partial charge on any atom is -0.493 e. The topological polar surface area (TPSA) is 56.3 Å². The molecule has 21 heavy (non-hydrogen) atoms. The maximum Gasteiger partial charge on any atom is 0.161 e. The van der Waals surface area contributed by atoms with Gasteiger partial charge in [-0.25, -0.2) is 9.97 Å². The molecule has 1 aliphatic rings. The van der Waals surface area contributed by atoms with Crippen molar-refractivity contribution in [1.29, 1.82) is 0 Å². The minimum absolute atomic E-state index is 0.441. The van der Waals surface area contributed by atoms with Crippen molar-refractivity contribution in [3.05, 3.63) is 28.7 Å². The van der Waals surface area contributed by atoms with Crippen LogP contribution in [0.4, 0.5) is 5.69 Å². The van der Waals surface area contributed by atoms with Gasteiger partial charge in [0.15, 0.2) is 16.7 Å². The molecule has 3 rings (SSSR count). The van der Waals surface area contributed by atoms with Gasteiger partial charge in [-0.2, -0.15) is 0 Å². The molecule has 0 amide bonds. The van der Waals surface area contributed by atoms with E-state index in [-0.39, 0.29) is 0 Å². The van der Waals surface area contributed by atoms with Crippen molar-refractivity contribution in [1.82, 2.24) is 9.97 Å². The van der Waals surface area contributed by atoms with Gasteiger partial charge in [-0.05, 0) is 24.6 Å². The Kier molecular flexibility index (Phi) is 3.82. The van der Waals surface area contributed by atoms with Crippen LogP contribution in [0.3, 0.4) is 0 Å². The van der Waals surface area contributed by atoms with E-state index in [1.807, 2.05) is 19.1 Å². The molecule has 2 aromatic rings. The summed E-state index contributed by atoms with van der Waals surface area (Å²) in [5, 5.41) is 4.55. The molecule has 1 aliphatic heterocycles. The first-order valence-electron chi connectivity index (χ1n) is 6.33. The Bertz CT molecular complexity index is 709. The number of nitrogens with zero attached hydrogens (tertiary/aromatic N) is 2. The molecule has 0 atom stereocenters. The van der Waals surface area contributed by atoms with Crippen LogP contribution in [-0.4, -0.2) is 24.2 Å². The molecule has 0 spiro atoms. The predicted molar refractivity (Wildman–Crippen MR) is 82.8 cm³/mol. The summed E-state index contributed by atoms with van der Waals surface area (Å²) >= 11 is 7.75. The van der Waals surface area contributed by atoms with Crippen molar-refractivity contribution < 1.29 is 9.47 Å². The molecule has 0 unspecified atom stereocenters. The Balaban J connectivity index is 2.10. The average Bonchev–Trinajstić information content (AvgIpc) is 2.64. The van der Waals surface area contributed by atoms with Gasteiger partial charge in [0.2, 0.25) is 0 Å². The zero-order chi connectivity index (χ0) is 15.0. The number of aryl methyl sites for hydroxylation is 1. The second-order valence-corrected chi connectivity index (χ2v) is 5.90. The molecular weight excluding hydrogens is 310 g/mol. The number of nitrogens with one attached hydrogen (secondary N) is 1. The number of hydrogen-bond donors (Lipinski definition) is 1. The fraction of sp³-hybridized carbons (Fsp3) is 0.286. The molecule has 0 saturated carbocycles. The van der Waals surface area contributed by atoms with Crippen molar-refractivity contribution in [2.45, 2.75) is 23.4 Å². The van der Waals surface area contributed by atoms with Crippen LogP contribution in [0.25, 0.3) is 0 Å². The van der Waals surface area contributed by atoms with Gasteiger partial charge in [-0.1, -0.05) is 23.4 Å². The van der Waals surface area contributed by atoms with Crippen molar-refractivity contribution in [3.8, 4) is 11.5 Å². The van der Waals surface area contributed by atoms with Gasteiger partial charge in [0, 0.05) is 11.4 Å². The Morgan fingerprint density at radius 1 is 1.19 bits per heavy atom. The molecule has 0 radical (unpaired) electrons. The number of fused-ring (bicyclic) bond motifs is 2. The van der Waals surface area contributed by atoms with Gasteiger partial charge in [-0.15, -0.1) is 0 Å². The summed E-state index contributed by atoms with van der Waals surface area (Å²) in [5.41, 5.74) is 1.87. The van der Waals surface area contributed by atoms with E-state index in [2.05, 4.69) is 15.3 Å². The summed E-state index contributed by atoms with van der Waals surface area (Å²) < 4.78 is 10.7. The second-order valence-electron chi connectivity index (χ2n) is 4.51. The fourth-order valence-electron chi connectivity index (χ4n) is 2.16. The highest BCUT2D eigenvalue weighted by Gasteiger charge is 2.21. The number of aromatic nitrogens is 2. The van der Waals surface area contributed by atoms with E-state index >= 15 is 0 Å². The van der Waals surface area contributed by atoms with E-state index in [9.17, 15) is 0 Å². The number of anilines is 1. The lowest BCUT2D eigenvalue weighted by atomic mass is 10.2. The van der Waals surface area contributed by atoms with Crippen LogP contribution in [-0.2, 0) is 6.54 Å². The monoisotopic (exact) mass is 323 g/mol. The van der Waals surface area contributed by atoms with E-state index in [1.165, 1.54) is 0 Å². The van der Waals surface area contributed by atoms with Crippen LogP contribution < -0.4 is 14.8 Å². The Labute approximate surface area is 132 Å². The molecule has 110 valence electrons. The van der Waals surface area contributed by atoms with E-state index in [1.54, 1.807) is 26.0 Å². The number of methoxy groups -OCH3 is 2. The van der Waals surface area contributed by atoms with E-state index in [0.717, 1.165) is 21.2 Å². The average molecular weight is 324 g/mol. The standard InChI is InChI=1S/C14H14ClN3O2S/c1-7-17-13(15)12-14(18-7)21-11-5-10(20-3)9(19-2)4-8(11)6-16-12/h4-5,16H,6H2,1-3H3. The molecule has 2 heterocycles. The van der Waals surface area contributed by atoms with Crippen LogP contribution in [0.15, 0.2) is 22.1 Å². The Hall–Kier alpha value is -1.66. The third-order valence-corrected chi connectivity index (χ3v) is 4.53. The first kappa shape index (κ1) is 14.3. The Morgan fingerprint density at radius 2 is 1.90 bits per heavy atom. The predicted octanol–water partition coefficient (Wildman–Crippen LogP) is 3.53. The maximum absolute atomic E-state index is 6.20. The SMILES string of the molecule is COc1cc2c(cc1OC)Sc1nc(C)nc(Cl)c1NC2. The summed E-state index contributed by atoms with van der Waals surface area (Å²) in [4.78, 5) is 9.72. The van der Waals surface area contributed by atoms with Crippen molar-refractivity contribution in [3.63, 3.8) is 0 Å². The highest BCUT2D eigenvalue weighted by molar-refractivity contribution is 7.99. The molecule has 7 heteroatoms. The zero-order valence-corrected chi connectivity index (χ0v) is 13.4. The number of rotatable bonds is 2. The zero-order valence-electron chi connectivity index (χ0n) is 11.9. The molecule has 1 aromatic carbocycles. The van der Waals surface area contributed by atoms with Crippen molar-refractivity contribution in [2.24, 2.45) is 0 Å².